The smallest absolute Gasteiger partial charge is 0.163 e. The molecule has 8 heteroatoms. The molecule has 0 radical (unpaired) electrons. The Labute approximate surface area is 176 Å². The molecule has 0 saturated heterocycles. The summed E-state index contributed by atoms with van der Waals surface area (Å²) in [6.07, 6.45) is 1.53. The van der Waals surface area contributed by atoms with Gasteiger partial charge in [-0.3, -0.25) is 0 Å². The van der Waals surface area contributed by atoms with Crippen molar-refractivity contribution in [1.82, 2.24) is 9.97 Å². The summed E-state index contributed by atoms with van der Waals surface area (Å²) < 4.78 is 21.9. The fourth-order valence-corrected chi connectivity index (χ4v) is 2.84. The van der Waals surface area contributed by atoms with Crippen LogP contribution in [0.25, 0.3) is 10.9 Å². The van der Waals surface area contributed by atoms with Gasteiger partial charge in [0.05, 0.1) is 18.7 Å². The Bertz CT molecular complexity index is 948. The zero-order valence-electron chi connectivity index (χ0n) is 17.8. The summed E-state index contributed by atoms with van der Waals surface area (Å²) in [6, 6.07) is 11.9. The average molecular weight is 412 g/mol. The van der Waals surface area contributed by atoms with Crippen molar-refractivity contribution in [1.29, 1.82) is 0 Å². The van der Waals surface area contributed by atoms with Crippen LogP contribution in [-0.4, -0.2) is 64.7 Å². The molecule has 160 valence electrons. The van der Waals surface area contributed by atoms with Crippen LogP contribution >= 0.6 is 0 Å². The zero-order chi connectivity index (χ0) is 21.3. The van der Waals surface area contributed by atoms with Crippen molar-refractivity contribution in [2.75, 3.05) is 65.0 Å². The second-order valence-corrected chi connectivity index (χ2v) is 6.79. The van der Waals surface area contributed by atoms with E-state index < -0.39 is 0 Å². The number of ether oxygens (including phenoxy) is 4. The molecule has 8 nitrogen and oxygen atoms in total. The van der Waals surface area contributed by atoms with Crippen molar-refractivity contribution >= 4 is 28.1 Å². The first-order chi connectivity index (χ1) is 14.6. The molecule has 0 aliphatic carbocycles. The maximum absolute atomic E-state index is 5.88. The number of fused-ring (bicyclic) bond motifs is 1. The van der Waals surface area contributed by atoms with Gasteiger partial charge in [0.2, 0.25) is 0 Å². The molecule has 0 saturated carbocycles. The second kappa shape index (κ2) is 10.6. The average Bonchev–Trinajstić information content (AvgIpc) is 2.75. The Morgan fingerprint density at radius 2 is 1.47 bits per heavy atom. The molecule has 0 aliphatic rings. The van der Waals surface area contributed by atoms with Crippen molar-refractivity contribution in [2.45, 2.75) is 0 Å². The first-order valence-corrected chi connectivity index (χ1v) is 9.69. The third kappa shape index (κ3) is 5.49. The van der Waals surface area contributed by atoms with Crippen LogP contribution in [0.1, 0.15) is 0 Å². The number of nitrogens with zero attached hydrogens (tertiary/aromatic N) is 3. The molecule has 0 fully saturated rings. The van der Waals surface area contributed by atoms with Crippen molar-refractivity contribution in [2.24, 2.45) is 0 Å². The van der Waals surface area contributed by atoms with E-state index in [9.17, 15) is 0 Å². The third-order valence-electron chi connectivity index (χ3n) is 4.44. The Kier molecular flexibility index (Phi) is 7.64. The van der Waals surface area contributed by atoms with Crippen molar-refractivity contribution < 1.29 is 18.9 Å². The molecule has 2 aromatic carbocycles. The normalized spacial score (nSPS) is 10.8. The van der Waals surface area contributed by atoms with Gasteiger partial charge >= 0.3 is 0 Å². The van der Waals surface area contributed by atoms with Crippen LogP contribution in [0.2, 0.25) is 0 Å². The zero-order valence-corrected chi connectivity index (χ0v) is 17.8. The molecule has 0 atom stereocenters. The van der Waals surface area contributed by atoms with E-state index in [1.54, 1.807) is 14.2 Å². The Balaban J connectivity index is 1.91. The number of aromatic nitrogens is 2. The minimum atomic E-state index is 0.408. The van der Waals surface area contributed by atoms with Crippen LogP contribution in [0.4, 0.5) is 17.2 Å². The topological polar surface area (TPSA) is 78.0 Å². The minimum absolute atomic E-state index is 0.408. The van der Waals surface area contributed by atoms with Gasteiger partial charge in [0.1, 0.15) is 25.4 Å². The largest absolute Gasteiger partial charge is 0.487 e. The van der Waals surface area contributed by atoms with Crippen molar-refractivity contribution in [3.63, 3.8) is 0 Å². The highest BCUT2D eigenvalue weighted by molar-refractivity contribution is 5.93. The summed E-state index contributed by atoms with van der Waals surface area (Å²) in [5, 5.41) is 4.20. The predicted molar refractivity (Wildman–Crippen MR) is 118 cm³/mol. The number of anilines is 3. The molecule has 0 spiro atoms. The quantitative estimate of drug-likeness (QED) is 0.480. The number of benzene rings is 2. The molecule has 3 rings (SSSR count). The highest BCUT2D eigenvalue weighted by atomic mass is 16.5. The van der Waals surface area contributed by atoms with Crippen LogP contribution in [0.15, 0.2) is 42.7 Å². The molecule has 1 aromatic heterocycles. The van der Waals surface area contributed by atoms with Crippen LogP contribution in [-0.2, 0) is 9.47 Å². The molecular formula is C22H28N4O4. The van der Waals surface area contributed by atoms with Crippen LogP contribution in [0.3, 0.4) is 0 Å². The molecular weight excluding hydrogens is 384 g/mol. The van der Waals surface area contributed by atoms with Gasteiger partial charge in [-0.2, -0.15) is 0 Å². The highest BCUT2D eigenvalue weighted by Gasteiger charge is 2.13. The van der Waals surface area contributed by atoms with Crippen LogP contribution in [0, 0.1) is 0 Å². The molecule has 3 aromatic rings. The molecule has 0 unspecified atom stereocenters. The van der Waals surface area contributed by atoms with E-state index in [1.807, 2.05) is 50.5 Å². The fourth-order valence-electron chi connectivity index (χ4n) is 2.84. The molecule has 0 amide bonds. The second-order valence-electron chi connectivity index (χ2n) is 6.79. The maximum atomic E-state index is 5.88. The lowest BCUT2D eigenvalue weighted by Crippen LogP contribution is -2.09. The molecule has 30 heavy (non-hydrogen) atoms. The van der Waals surface area contributed by atoms with Gasteiger partial charge in [-0.05, 0) is 30.3 Å². The number of nitrogens with one attached hydrogen (secondary N) is 1. The van der Waals surface area contributed by atoms with Gasteiger partial charge in [0, 0.05) is 51.1 Å². The van der Waals surface area contributed by atoms with E-state index >= 15 is 0 Å². The van der Waals surface area contributed by atoms with Crippen molar-refractivity contribution in [3.8, 4) is 11.5 Å². The fraction of sp³-hybridized carbons (Fsp3) is 0.364. The van der Waals surface area contributed by atoms with Gasteiger partial charge in [-0.15, -0.1) is 0 Å². The Morgan fingerprint density at radius 3 is 2.07 bits per heavy atom. The Hall–Kier alpha value is -3.10. The van der Waals surface area contributed by atoms with E-state index in [0.717, 1.165) is 22.3 Å². The number of rotatable bonds is 11. The van der Waals surface area contributed by atoms with E-state index in [1.165, 1.54) is 6.33 Å². The number of hydrogen-bond acceptors (Lipinski definition) is 8. The van der Waals surface area contributed by atoms with Gasteiger partial charge in [0.25, 0.3) is 0 Å². The number of hydrogen-bond donors (Lipinski definition) is 1. The first kappa shape index (κ1) is 21.6. The van der Waals surface area contributed by atoms with Gasteiger partial charge < -0.3 is 29.2 Å². The maximum Gasteiger partial charge on any atom is 0.163 e. The van der Waals surface area contributed by atoms with E-state index in [2.05, 4.69) is 20.2 Å². The summed E-state index contributed by atoms with van der Waals surface area (Å²) in [5.74, 6) is 1.91. The molecule has 1 heterocycles. The molecule has 0 bridgehead atoms. The van der Waals surface area contributed by atoms with E-state index in [-0.39, 0.29) is 0 Å². The van der Waals surface area contributed by atoms with Crippen molar-refractivity contribution in [3.05, 3.63) is 42.7 Å². The third-order valence-corrected chi connectivity index (χ3v) is 4.44. The summed E-state index contributed by atoms with van der Waals surface area (Å²) >= 11 is 0. The standard InChI is InChI=1S/C22H28N4O4/c1-26(2)17-7-5-16(6-8-17)25-22-18-13-20(29-11-9-27-3)21(30-12-10-28-4)14-19(18)23-15-24-22/h5-8,13-15H,9-12H2,1-4H3,(H,23,24,25). The first-order valence-electron chi connectivity index (χ1n) is 9.69. The Morgan fingerprint density at radius 1 is 0.833 bits per heavy atom. The van der Waals surface area contributed by atoms with Gasteiger partial charge in [-0.25, -0.2) is 9.97 Å². The lowest BCUT2D eigenvalue weighted by Gasteiger charge is -2.16. The lowest BCUT2D eigenvalue weighted by molar-refractivity contribution is 0.132. The monoisotopic (exact) mass is 412 g/mol. The SMILES string of the molecule is COCCOc1cc2ncnc(Nc3ccc(N(C)C)cc3)c2cc1OCCOC. The van der Waals surface area contributed by atoms with Crippen LogP contribution < -0.4 is 19.7 Å². The minimum Gasteiger partial charge on any atom is -0.487 e. The summed E-state index contributed by atoms with van der Waals surface area (Å²) in [6.45, 7) is 1.78. The molecule has 1 N–H and O–H groups in total. The lowest BCUT2D eigenvalue weighted by atomic mass is 10.2. The highest BCUT2D eigenvalue weighted by Crippen LogP contribution is 2.35. The van der Waals surface area contributed by atoms with Gasteiger partial charge in [-0.1, -0.05) is 0 Å². The van der Waals surface area contributed by atoms with E-state index in [4.69, 9.17) is 18.9 Å². The summed E-state index contributed by atoms with van der Waals surface area (Å²) in [5.41, 5.74) is 2.81. The summed E-state index contributed by atoms with van der Waals surface area (Å²) in [4.78, 5) is 10.9. The van der Waals surface area contributed by atoms with E-state index in [0.29, 0.717) is 43.7 Å². The van der Waals surface area contributed by atoms with Gasteiger partial charge in [0.15, 0.2) is 11.5 Å². The summed E-state index contributed by atoms with van der Waals surface area (Å²) in [7, 11) is 7.29. The predicted octanol–water partition coefficient (Wildman–Crippen LogP) is 3.49. The number of methoxy groups -OCH3 is 2. The van der Waals surface area contributed by atoms with Crippen LogP contribution in [0.5, 0.6) is 11.5 Å². The molecule has 0 aliphatic heterocycles.